The number of carboxylic acid groups (broad SMARTS) is 3. The third-order valence-electron chi connectivity index (χ3n) is 6.56. The van der Waals surface area contributed by atoms with E-state index in [0.717, 1.165) is 12.1 Å². The standard InChI is InChI=1S/C22H24F3N5O5.C4H4O4/c1-3-5-16-18(14-6-4-7-15(10-14)22(23,24)25)27(8-9-29(16)20(31)32)12-21(2)13-28-11-17(30(33)34)26-19(28)35-21;5-3(6)1-2-4(7)8/h3-7,10-11,16,18H,8-9,12-13H2,1-2H3,(H,31,32);1-2H,(H,5,6)(H,7,8)/b;2-1-/t16-,18?,21?;/m0./s1. The van der Waals surface area contributed by atoms with Crippen molar-refractivity contribution < 1.29 is 52.5 Å². The van der Waals surface area contributed by atoms with Gasteiger partial charge in [0.05, 0.1) is 24.2 Å². The lowest BCUT2D eigenvalue weighted by Gasteiger charge is -2.47. The first-order chi connectivity index (χ1) is 20.0. The molecule has 0 saturated carbocycles. The van der Waals surface area contributed by atoms with Crippen molar-refractivity contribution in [3.63, 3.8) is 0 Å². The van der Waals surface area contributed by atoms with Crippen LogP contribution in [-0.4, -0.2) is 88.9 Å². The molecule has 1 amide bonds. The Morgan fingerprint density at radius 1 is 1.19 bits per heavy atom. The van der Waals surface area contributed by atoms with Crippen LogP contribution in [0.5, 0.6) is 6.01 Å². The van der Waals surface area contributed by atoms with Crippen LogP contribution in [0.15, 0.2) is 54.8 Å². The van der Waals surface area contributed by atoms with E-state index in [2.05, 4.69) is 4.98 Å². The highest BCUT2D eigenvalue weighted by Gasteiger charge is 2.46. The molecule has 1 aromatic carbocycles. The van der Waals surface area contributed by atoms with Crippen molar-refractivity contribution in [2.24, 2.45) is 0 Å². The van der Waals surface area contributed by atoms with Crippen molar-refractivity contribution in [3.05, 3.63) is 76.0 Å². The number of fused-ring (bicyclic) bond motifs is 1. The van der Waals surface area contributed by atoms with E-state index >= 15 is 0 Å². The lowest BCUT2D eigenvalue weighted by atomic mass is 9.91. The predicted molar refractivity (Wildman–Crippen MR) is 141 cm³/mol. The second-order valence-corrected chi connectivity index (χ2v) is 9.86. The number of rotatable bonds is 7. The first-order valence-electron chi connectivity index (χ1n) is 12.6. The van der Waals surface area contributed by atoms with Crippen LogP contribution < -0.4 is 4.74 Å². The Kier molecular flexibility index (Phi) is 9.80. The zero-order chi connectivity index (χ0) is 32.1. The van der Waals surface area contributed by atoms with E-state index in [0.29, 0.717) is 17.7 Å². The first-order valence-corrected chi connectivity index (χ1v) is 12.6. The first kappa shape index (κ1) is 32.6. The average Bonchev–Trinajstić information content (AvgIpc) is 3.43. The van der Waals surface area contributed by atoms with Gasteiger partial charge in [-0.2, -0.15) is 13.2 Å². The van der Waals surface area contributed by atoms with Gasteiger partial charge in [-0.1, -0.05) is 24.3 Å². The lowest BCUT2D eigenvalue weighted by molar-refractivity contribution is -0.389. The van der Waals surface area contributed by atoms with Gasteiger partial charge in [0.15, 0.2) is 0 Å². The smallest absolute Gasteiger partial charge is 0.416 e. The molecule has 2 aromatic rings. The SMILES string of the molecule is CC=C[C@H]1C(c2cccc(C(F)(F)F)c2)N(CC2(C)Cn3cc([N+](=O)[O-])nc3O2)CCN1C(=O)O.O=C(O)/C=C\C(=O)O. The highest BCUT2D eigenvalue weighted by Crippen LogP contribution is 2.39. The fourth-order valence-corrected chi connectivity index (χ4v) is 4.96. The minimum atomic E-state index is -4.55. The summed E-state index contributed by atoms with van der Waals surface area (Å²) in [6.45, 7) is 4.37. The molecule has 0 spiro atoms. The molecule has 3 N–H and O–H groups in total. The topological polar surface area (TPSA) is 189 Å². The number of hydrogen-bond acceptors (Lipinski definition) is 8. The minimum absolute atomic E-state index is 0.0870. The molecule has 232 valence electrons. The number of carbonyl (C=O) groups is 3. The summed E-state index contributed by atoms with van der Waals surface area (Å²) in [5.41, 5.74) is -1.38. The second-order valence-electron chi connectivity index (χ2n) is 9.86. The molecule has 1 aromatic heterocycles. The van der Waals surface area contributed by atoms with Crippen LogP contribution in [0.3, 0.4) is 0 Å². The second kappa shape index (κ2) is 12.9. The summed E-state index contributed by atoms with van der Waals surface area (Å²) in [6, 6.07) is 3.52. The van der Waals surface area contributed by atoms with Crippen molar-refractivity contribution in [1.82, 2.24) is 19.4 Å². The number of allylic oxidation sites excluding steroid dienone is 1. The van der Waals surface area contributed by atoms with Crippen LogP contribution in [0, 0.1) is 10.1 Å². The monoisotopic (exact) mass is 611 g/mol. The zero-order valence-corrected chi connectivity index (χ0v) is 22.8. The summed E-state index contributed by atoms with van der Waals surface area (Å²) in [5, 5.41) is 36.4. The van der Waals surface area contributed by atoms with E-state index in [1.54, 1.807) is 32.1 Å². The van der Waals surface area contributed by atoms with Crippen LogP contribution in [0.2, 0.25) is 0 Å². The molecule has 14 nitrogen and oxygen atoms in total. The third-order valence-corrected chi connectivity index (χ3v) is 6.56. The summed E-state index contributed by atoms with van der Waals surface area (Å²) in [5.74, 6) is -2.85. The number of halogens is 3. The molecule has 3 heterocycles. The lowest BCUT2D eigenvalue weighted by Crippen LogP contribution is -2.59. The maximum Gasteiger partial charge on any atom is 0.416 e. The Hall–Kier alpha value is -4.93. The average molecular weight is 612 g/mol. The molecule has 17 heteroatoms. The number of aromatic nitrogens is 2. The predicted octanol–water partition coefficient (Wildman–Crippen LogP) is 3.65. The fourth-order valence-electron chi connectivity index (χ4n) is 4.96. The van der Waals surface area contributed by atoms with Crippen molar-refractivity contribution in [3.8, 4) is 6.01 Å². The van der Waals surface area contributed by atoms with E-state index in [4.69, 9.17) is 14.9 Å². The number of ether oxygens (including phenoxy) is 1. The molecular weight excluding hydrogens is 583 g/mol. The van der Waals surface area contributed by atoms with Crippen LogP contribution in [-0.2, 0) is 22.3 Å². The van der Waals surface area contributed by atoms with Gasteiger partial charge in [0.1, 0.15) is 11.8 Å². The van der Waals surface area contributed by atoms with Crippen molar-refractivity contribution in [2.45, 2.75) is 44.3 Å². The fraction of sp³-hybridized carbons (Fsp3) is 0.385. The summed E-state index contributed by atoms with van der Waals surface area (Å²) in [7, 11) is 0. The zero-order valence-electron chi connectivity index (χ0n) is 22.8. The summed E-state index contributed by atoms with van der Waals surface area (Å²) in [4.78, 5) is 48.4. The number of aliphatic carboxylic acids is 2. The molecule has 3 atom stereocenters. The Morgan fingerprint density at radius 2 is 1.84 bits per heavy atom. The maximum atomic E-state index is 13.5. The minimum Gasteiger partial charge on any atom is -0.478 e. The Balaban J connectivity index is 0.000000557. The number of piperazine rings is 1. The molecule has 1 fully saturated rings. The van der Waals surface area contributed by atoms with Gasteiger partial charge >= 0.3 is 36.0 Å². The van der Waals surface area contributed by atoms with Gasteiger partial charge in [0.2, 0.25) is 0 Å². The highest BCUT2D eigenvalue weighted by molar-refractivity contribution is 5.89. The number of nitro groups is 1. The van der Waals surface area contributed by atoms with Gasteiger partial charge in [0, 0.05) is 36.8 Å². The number of benzene rings is 1. The molecule has 0 aliphatic carbocycles. The Labute approximate surface area is 242 Å². The van der Waals surface area contributed by atoms with Crippen molar-refractivity contribution >= 4 is 23.8 Å². The van der Waals surface area contributed by atoms with Gasteiger partial charge in [-0.25, -0.2) is 14.4 Å². The normalized spacial score (nSPS) is 22.1. The highest BCUT2D eigenvalue weighted by atomic mass is 19.4. The van der Waals surface area contributed by atoms with Crippen LogP contribution in [0.25, 0.3) is 0 Å². The molecule has 4 rings (SSSR count). The summed E-state index contributed by atoms with van der Waals surface area (Å²) in [6.07, 6.45) is 0.00819. The Bertz CT molecular complexity index is 1400. The number of hydrogen-bond donors (Lipinski definition) is 3. The van der Waals surface area contributed by atoms with E-state index < -0.39 is 52.4 Å². The number of amides is 1. The van der Waals surface area contributed by atoms with E-state index in [9.17, 15) is 42.8 Å². The van der Waals surface area contributed by atoms with E-state index in [-0.39, 0.29) is 38.0 Å². The van der Waals surface area contributed by atoms with Crippen LogP contribution in [0.4, 0.5) is 23.8 Å². The van der Waals surface area contributed by atoms with Gasteiger partial charge in [-0.05, 0) is 36.5 Å². The quantitative estimate of drug-likeness (QED) is 0.179. The summed E-state index contributed by atoms with van der Waals surface area (Å²) >= 11 is 0. The molecule has 43 heavy (non-hydrogen) atoms. The molecule has 2 unspecified atom stereocenters. The molecule has 1 saturated heterocycles. The Morgan fingerprint density at radius 3 is 2.35 bits per heavy atom. The number of carboxylic acids is 2. The third kappa shape index (κ3) is 8.09. The van der Waals surface area contributed by atoms with Gasteiger partial charge in [-0.15, -0.1) is 0 Å². The maximum absolute atomic E-state index is 13.5. The molecule has 2 aliphatic heterocycles. The van der Waals surface area contributed by atoms with Crippen molar-refractivity contribution in [1.29, 1.82) is 0 Å². The van der Waals surface area contributed by atoms with Crippen LogP contribution in [0.1, 0.15) is 31.0 Å². The molecule has 0 bridgehead atoms. The molecule has 0 radical (unpaired) electrons. The van der Waals surface area contributed by atoms with Gasteiger partial charge in [0.25, 0.3) is 0 Å². The number of imidazole rings is 1. The van der Waals surface area contributed by atoms with Crippen LogP contribution >= 0.6 is 0 Å². The molecular formula is C26H28F3N5O9. The number of nitrogens with zero attached hydrogens (tertiary/aromatic N) is 5. The van der Waals surface area contributed by atoms with Crippen molar-refractivity contribution in [2.75, 3.05) is 19.6 Å². The van der Waals surface area contributed by atoms with Gasteiger partial charge in [-0.3, -0.25) is 14.4 Å². The largest absolute Gasteiger partial charge is 0.478 e. The van der Waals surface area contributed by atoms with E-state index in [1.807, 2.05) is 4.90 Å². The van der Waals surface area contributed by atoms with Gasteiger partial charge < -0.3 is 30.2 Å². The van der Waals surface area contributed by atoms with E-state index in [1.165, 1.54) is 21.7 Å². The number of alkyl halides is 3. The summed E-state index contributed by atoms with van der Waals surface area (Å²) < 4.78 is 47.9. The molecule has 2 aliphatic rings.